The Balaban J connectivity index is 1.57. The molecule has 2 heterocycles. The lowest BCUT2D eigenvalue weighted by Crippen LogP contribution is -2.46. The Bertz CT molecular complexity index is 1280. The molecule has 2 aliphatic heterocycles. The van der Waals surface area contributed by atoms with Gasteiger partial charge in [-0.3, -0.25) is 10.1 Å². The van der Waals surface area contributed by atoms with Crippen LogP contribution in [-0.4, -0.2) is 19.9 Å². The zero-order valence-corrected chi connectivity index (χ0v) is 18.1. The van der Waals surface area contributed by atoms with E-state index in [1.807, 2.05) is 12.1 Å². The summed E-state index contributed by atoms with van der Waals surface area (Å²) < 4.78 is 24.6. The molecule has 0 unspecified atom stereocenters. The SMILES string of the molecule is NS(=O)(=O)c1cc2c3c(c1)[C@H]1C=CC[C@H]1[C@@H](c1ccc([N+](=O)[O-])cc1)N3C[C@H]1CC=C[C@H]21. The number of fused-ring (bicyclic) bond motifs is 4. The molecular weight excluding hydrogens is 426 g/mol. The predicted molar refractivity (Wildman–Crippen MR) is 121 cm³/mol. The first-order valence-electron chi connectivity index (χ1n) is 10.9. The van der Waals surface area contributed by atoms with E-state index in [2.05, 4.69) is 29.2 Å². The molecule has 2 N–H and O–H groups in total. The van der Waals surface area contributed by atoms with Crippen molar-refractivity contribution in [3.05, 3.63) is 87.5 Å². The van der Waals surface area contributed by atoms with Crippen LogP contribution in [0.3, 0.4) is 0 Å². The van der Waals surface area contributed by atoms with E-state index in [1.54, 1.807) is 24.3 Å². The minimum atomic E-state index is -3.83. The first-order valence-corrected chi connectivity index (χ1v) is 12.4. The second-order valence-corrected chi connectivity index (χ2v) is 10.8. The monoisotopic (exact) mass is 449 g/mol. The Morgan fingerprint density at radius 3 is 2.34 bits per heavy atom. The third-order valence-corrected chi connectivity index (χ3v) is 8.49. The summed E-state index contributed by atoms with van der Waals surface area (Å²) in [5, 5.41) is 16.7. The van der Waals surface area contributed by atoms with Crippen LogP contribution in [0.4, 0.5) is 11.4 Å². The van der Waals surface area contributed by atoms with E-state index in [4.69, 9.17) is 5.14 Å². The van der Waals surface area contributed by atoms with Crippen LogP contribution in [0, 0.1) is 22.0 Å². The van der Waals surface area contributed by atoms with Crippen LogP contribution < -0.4 is 10.0 Å². The average Bonchev–Trinajstić information content (AvgIpc) is 3.43. The summed E-state index contributed by atoms with van der Waals surface area (Å²) in [6, 6.07) is 10.5. The van der Waals surface area contributed by atoms with Gasteiger partial charge in [0.1, 0.15) is 0 Å². The maximum Gasteiger partial charge on any atom is 0.269 e. The van der Waals surface area contributed by atoms with Gasteiger partial charge in [-0.25, -0.2) is 13.6 Å². The van der Waals surface area contributed by atoms with Gasteiger partial charge >= 0.3 is 0 Å². The summed E-state index contributed by atoms with van der Waals surface area (Å²) in [6.07, 6.45) is 10.6. The molecule has 0 spiro atoms. The number of primary sulfonamides is 1. The molecule has 0 saturated carbocycles. The summed E-state index contributed by atoms with van der Waals surface area (Å²) in [5.41, 5.74) is 4.32. The molecule has 32 heavy (non-hydrogen) atoms. The summed E-state index contributed by atoms with van der Waals surface area (Å²) in [7, 11) is -3.83. The van der Waals surface area contributed by atoms with Gasteiger partial charge < -0.3 is 4.90 Å². The van der Waals surface area contributed by atoms with Gasteiger partial charge in [0.2, 0.25) is 10.0 Å². The van der Waals surface area contributed by atoms with Crippen molar-refractivity contribution in [3.8, 4) is 0 Å². The molecule has 0 saturated heterocycles. The molecule has 4 aliphatic rings. The number of sulfonamides is 1. The van der Waals surface area contributed by atoms with Crippen LogP contribution in [0.25, 0.3) is 0 Å². The van der Waals surface area contributed by atoms with Crippen LogP contribution in [0.5, 0.6) is 0 Å². The van der Waals surface area contributed by atoms with Crippen molar-refractivity contribution in [2.45, 2.75) is 35.6 Å². The number of nitrogens with two attached hydrogens (primary N) is 1. The fraction of sp³-hybridized carbons (Fsp3) is 0.333. The number of nitro benzene ring substituents is 1. The van der Waals surface area contributed by atoms with Crippen LogP contribution in [0.1, 0.15) is 47.4 Å². The zero-order valence-electron chi connectivity index (χ0n) is 17.3. The first kappa shape index (κ1) is 19.7. The number of anilines is 1. The van der Waals surface area contributed by atoms with Gasteiger partial charge in [0.25, 0.3) is 5.69 Å². The van der Waals surface area contributed by atoms with Crippen molar-refractivity contribution >= 4 is 21.4 Å². The minimum absolute atomic E-state index is 0.0731. The molecule has 5 atom stereocenters. The Morgan fingerprint density at radius 1 is 1.00 bits per heavy atom. The van der Waals surface area contributed by atoms with E-state index >= 15 is 0 Å². The summed E-state index contributed by atoms with van der Waals surface area (Å²) >= 11 is 0. The largest absolute Gasteiger partial charge is 0.363 e. The standard InChI is InChI=1S/C24H23N3O4S/c25-32(30,31)17-11-21-18-4-1-3-15(18)13-26-23(14-7-9-16(10-8-14)27(28)29)20-6-2-5-19(20)22(12-17)24(21)26/h1-2,4-5,7-12,15,18-20,23H,3,6,13H2,(H2,25,30,31)/t15-,18+,19+,20-,23-/m1/s1. The van der Waals surface area contributed by atoms with Crippen molar-refractivity contribution in [2.75, 3.05) is 11.4 Å². The first-order chi connectivity index (χ1) is 15.3. The molecule has 0 aromatic heterocycles. The number of rotatable bonds is 3. The van der Waals surface area contributed by atoms with Crippen LogP contribution in [0.15, 0.2) is 65.6 Å². The molecule has 164 valence electrons. The van der Waals surface area contributed by atoms with Crippen molar-refractivity contribution in [1.29, 1.82) is 0 Å². The van der Waals surface area contributed by atoms with Crippen molar-refractivity contribution < 1.29 is 13.3 Å². The van der Waals surface area contributed by atoms with Crippen LogP contribution in [-0.2, 0) is 10.0 Å². The highest BCUT2D eigenvalue weighted by molar-refractivity contribution is 7.89. The maximum absolute atomic E-state index is 12.3. The highest BCUT2D eigenvalue weighted by Crippen LogP contribution is 2.59. The molecule has 2 aromatic rings. The average molecular weight is 450 g/mol. The fourth-order valence-corrected chi connectivity index (χ4v) is 6.87. The van der Waals surface area contributed by atoms with E-state index in [9.17, 15) is 18.5 Å². The maximum atomic E-state index is 12.3. The second kappa shape index (κ2) is 6.76. The van der Waals surface area contributed by atoms with E-state index in [1.165, 1.54) is 0 Å². The number of nitro groups is 1. The molecule has 2 aliphatic carbocycles. The third-order valence-electron chi connectivity index (χ3n) is 7.60. The number of benzene rings is 2. The van der Waals surface area contributed by atoms with Gasteiger partial charge in [0.05, 0.1) is 15.9 Å². The Morgan fingerprint density at radius 2 is 1.66 bits per heavy atom. The summed E-state index contributed by atoms with van der Waals surface area (Å²) in [6.45, 7) is 0.872. The molecule has 0 amide bonds. The van der Waals surface area contributed by atoms with Crippen molar-refractivity contribution in [3.63, 3.8) is 0 Å². The Kier molecular flexibility index (Phi) is 4.16. The van der Waals surface area contributed by atoms with Gasteiger partial charge in [-0.1, -0.05) is 36.4 Å². The molecule has 0 fully saturated rings. The van der Waals surface area contributed by atoms with E-state index in [0.717, 1.165) is 41.8 Å². The summed E-state index contributed by atoms with van der Waals surface area (Å²) in [5.74, 6) is 0.876. The molecule has 0 radical (unpaired) electrons. The zero-order chi connectivity index (χ0) is 22.2. The highest BCUT2D eigenvalue weighted by atomic mass is 32.2. The van der Waals surface area contributed by atoms with Crippen molar-refractivity contribution in [1.82, 2.24) is 0 Å². The molecule has 0 bridgehead atoms. The van der Waals surface area contributed by atoms with Gasteiger partial charge in [-0.15, -0.1) is 0 Å². The van der Waals surface area contributed by atoms with Gasteiger partial charge in [0.15, 0.2) is 0 Å². The molecular formula is C24H23N3O4S. The Labute approximate surface area is 186 Å². The van der Waals surface area contributed by atoms with E-state index in [0.29, 0.717) is 5.92 Å². The lowest BCUT2D eigenvalue weighted by molar-refractivity contribution is -0.384. The quantitative estimate of drug-likeness (QED) is 0.431. The second-order valence-electron chi connectivity index (χ2n) is 9.24. The fourth-order valence-electron chi connectivity index (χ4n) is 6.28. The lowest BCUT2D eigenvalue weighted by atomic mass is 9.70. The van der Waals surface area contributed by atoms with Gasteiger partial charge in [-0.2, -0.15) is 0 Å². The number of hydrogen-bond acceptors (Lipinski definition) is 5. The predicted octanol–water partition coefficient (Wildman–Crippen LogP) is 4.14. The van der Waals surface area contributed by atoms with Crippen molar-refractivity contribution in [2.24, 2.45) is 17.0 Å². The molecule has 6 rings (SSSR count). The lowest BCUT2D eigenvalue weighted by Gasteiger charge is -2.51. The topological polar surface area (TPSA) is 107 Å². The molecule has 8 heteroatoms. The Hall–Kier alpha value is -2.97. The normalized spacial score (nSPS) is 29.5. The minimum Gasteiger partial charge on any atom is -0.363 e. The number of hydrogen-bond donors (Lipinski definition) is 1. The smallest absolute Gasteiger partial charge is 0.269 e. The van der Waals surface area contributed by atoms with Crippen LogP contribution >= 0.6 is 0 Å². The van der Waals surface area contributed by atoms with E-state index < -0.39 is 10.0 Å². The summed E-state index contributed by atoms with van der Waals surface area (Å²) in [4.78, 5) is 13.4. The third kappa shape index (κ3) is 2.79. The van der Waals surface area contributed by atoms with Crippen LogP contribution in [0.2, 0.25) is 0 Å². The highest BCUT2D eigenvalue weighted by Gasteiger charge is 2.48. The number of non-ortho nitro benzene ring substituents is 1. The molecule has 2 aromatic carbocycles. The van der Waals surface area contributed by atoms with Gasteiger partial charge in [0, 0.05) is 36.2 Å². The number of nitrogens with zero attached hydrogens (tertiary/aromatic N) is 2. The molecule has 7 nitrogen and oxygen atoms in total. The van der Waals surface area contributed by atoms with E-state index in [-0.39, 0.29) is 39.3 Å². The number of allylic oxidation sites excluding steroid dienone is 4. The van der Waals surface area contributed by atoms with Gasteiger partial charge in [-0.05, 0) is 53.5 Å².